The first kappa shape index (κ1) is 15.8. The molecule has 0 saturated heterocycles. The van der Waals surface area contributed by atoms with Crippen LogP contribution in [0.1, 0.15) is 50.3 Å². The molecular formula is C17H26N2O2. The molecule has 2 rings (SSSR count). The molecule has 2 N–H and O–H groups in total. The van der Waals surface area contributed by atoms with E-state index in [1.54, 1.807) is 0 Å². The van der Waals surface area contributed by atoms with Gasteiger partial charge < -0.3 is 15.4 Å². The van der Waals surface area contributed by atoms with Crippen LogP contribution in [-0.4, -0.2) is 25.6 Å². The fraction of sp³-hybridized carbons (Fsp3) is 0.588. The highest BCUT2D eigenvalue weighted by Gasteiger charge is 2.22. The van der Waals surface area contributed by atoms with Crippen molar-refractivity contribution < 1.29 is 9.53 Å². The summed E-state index contributed by atoms with van der Waals surface area (Å²) in [6.45, 7) is 6.07. The van der Waals surface area contributed by atoms with Crippen molar-refractivity contribution in [2.75, 3.05) is 19.7 Å². The first-order valence-corrected chi connectivity index (χ1v) is 8.00. The normalized spacial score (nSPS) is 16.6. The van der Waals surface area contributed by atoms with Gasteiger partial charge in [0.15, 0.2) is 6.61 Å². The predicted octanol–water partition coefficient (Wildman–Crippen LogP) is 2.58. The van der Waals surface area contributed by atoms with Crippen LogP contribution in [0.15, 0.2) is 18.2 Å². The van der Waals surface area contributed by atoms with E-state index in [4.69, 9.17) is 4.74 Å². The SMILES string of the molecule is CCCNC(=O)COc1ccc2c(c1)CCC2NCCC. The molecule has 1 aliphatic carbocycles. The molecule has 1 aliphatic rings. The second-order valence-electron chi connectivity index (χ2n) is 5.54. The van der Waals surface area contributed by atoms with E-state index in [9.17, 15) is 4.79 Å². The Morgan fingerprint density at radius 2 is 2.10 bits per heavy atom. The minimum absolute atomic E-state index is 0.0557. The molecule has 21 heavy (non-hydrogen) atoms. The van der Waals surface area contributed by atoms with E-state index in [-0.39, 0.29) is 12.5 Å². The quantitative estimate of drug-likeness (QED) is 0.773. The van der Waals surface area contributed by atoms with E-state index in [0.29, 0.717) is 12.6 Å². The van der Waals surface area contributed by atoms with Crippen LogP contribution in [0.25, 0.3) is 0 Å². The van der Waals surface area contributed by atoms with Gasteiger partial charge in [-0.3, -0.25) is 4.79 Å². The van der Waals surface area contributed by atoms with Crippen molar-refractivity contribution in [1.29, 1.82) is 0 Å². The van der Waals surface area contributed by atoms with Crippen LogP contribution in [0, 0.1) is 0 Å². The fourth-order valence-electron chi connectivity index (χ4n) is 2.68. The van der Waals surface area contributed by atoms with Gasteiger partial charge in [0.1, 0.15) is 5.75 Å². The molecule has 116 valence electrons. The minimum atomic E-state index is -0.0557. The maximum atomic E-state index is 11.5. The number of amides is 1. The molecule has 0 fully saturated rings. The van der Waals surface area contributed by atoms with Crippen LogP contribution in [-0.2, 0) is 11.2 Å². The summed E-state index contributed by atoms with van der Waals surface area (Å²) in [5.41, 5.74) is 2.72. The monoisotopic (exact) mass is 290 g/mol. The molecule has 0 radical (unpaired) electrons. The molecule has 0 heterocycles. The summed E-state index contributed by atoms with van der Waals surface area (Å²) in [5.74, 6) is 0.733. The number of carbonyl (C=O) groups is 1. The van der Waals surface area contributed by atoms with Gasteiger partial charge in [-0.1, -0.05) is 19.9 Å². The van der Waals surface area contributed by atoms with Crippen molar-refractivity contribution >= 4 is 5.91 Å². The van der Waals surface area contributed by atoms with Crippen LogP contribution in [0.5, 0.6) is 5.75 Å². The number of benzene rings is 1. The molecule has 0 saturated carbocycles. The van der Waals surface area contributed by atoms with Crippen LogP contribution in [0.3, 0.4) is 0 Å². The number of ether oxygens (including phenoxy) is 1. The molecule has 1 aromatic rings. The highest BCUT2D eigenvalue weighted by Crippen LogP contribution is 2.33. The third-order valence-electron chi connectivity index (χ3n) is 3.78. The average molecular weight is 290 g/mol. The summed E-state index contributed by atoms with van der Waals surface area (Å²) in [7, 11) is 0. The van der Waals surface area contributed by atoms with Gasteiger partial charge >= 0.3 is 0 Å². The molecule has 1 atom stereocenters. The first-order valence-electron chi connectivity index (χ1n) is 8.00. The molecule has 0 spiro atoms. The summed E-state index contributed by atoms with van der Waals surface area (Å²) < 4.78 is 5.57. The molecule has 0 aromatic heterocycles. The van der Waals surface area contributed by atoms with E-state index in [0.717, 1.165) is 38.0 Å². The van der Waals surface area contributed by atoms with Crippen LogP contribution in [0.4, 0.5) is 0 Å². The van der Waals surface area contributed by atoms with Crippen LogP contribution in [0.2, 0.25) is 0 Å². The first-order chi connectivity index (χ1) is 10.2. The van der Waals surface area contributed by atoms with Crippen molar-refractivity contribution in [3.8, 4) is 5.75 Å². The summed E-state index contributed by atoms with van der Waals surface area (Å²) in [6.07, 6.45) is 4.32. The van der Waals surface area contributed by atoms with Gasteiger partial charge in [-0.15, -0.1) is 0 Å². The van der Waals surface area contributed by atoms with Gasteiger partial charge in [-0.25, -0.2) is 0 Å². The van der Waals surface area contributed by atoms with Gasteiger partial charge in [-0.05, 0) is 55.5 Å². The lowest BCUT2D eigenvalue weighted by Gasteiger charge is -2.14. The van der Waals surface area contributed by atoms with Gasteiger partial charge in [-0.2, -0.15) is 0 Å². The molecule has 0 aliphatic heterocycles. The summed E-state index contributed by atoms with van der Waals surface area (Å²) in [6, 6.07) is 6.66. The molecule has 4 nitrogen and oxygen atoms in total. The zero-order valence-corrected chi connectivity index (χ0v) is 13.1. The Bertz CT molecular complexity index is 474. The van der Waals surface area contributed by atoms with Crippen molar-refractivity contribution in [1.82, 2.24) is 10.6 Å². The Labute approximate surface area is 127 Å². The number of fused-ring (bicyclic) bond motifs is 1. The third-order valence-corrected chi connectivity index (χ3v) is 3.78. The number of carbonyl (C=O) groups excluding carboxylic acids is 1. The maximum Gasteiger partial charge on any atom is 0.257 e. The third kappa shape index (κ3) is 4.46. The zero-order valence-electron chi connectivity index (χ0n) is 13.1. The van der Waals surface area contributed by atoms with E-state index < -0.39 is 0 Å². The molecule has 1 aromatic carbocycles. The number of rotatable bonds is 8. The molecular weight excluding hydrogens is 264 g/mol. The van der Waals surface area contributed by atoms with Gasteiger partial charge in [0, 0.05) is 12.6 Å². The van der Waals surface area contributed by atoms with E-state index in [1.807, 2.05) is 13.0 Å². The maximum absolute atomic E-state index is 11.5. The molecule has 1 amide bonds. The molecule has 4 heteroatoms. The summed E-state index contributed by atoms with van der Waals surface area (Å²) in [4.78, 5) is 11.5. The summed E-state index contributed by atoms with van der Waals surface area (Å²) in [5, 5.41) is 6.39. The topological polar surface area (TPSA) is 50.4 Å². The second kappa shape index (κ2) is 8.03. The number of nitrogens with one attached hydrogen (secondary N) is 2. The Morgan fingerprint density at radius 3 is 2.86 bits per heavy atom. The number of hydrogen-bond acceptors (Lipinski definition) is 3. The summed E-state index contributed by atoms with van der Waals surface area (Å²) >= 11 is 0. The second-order valence-corrected chi connectivity index (χ2v) is 5.54. The fourth-order valence-corrected chi connectivity index (χ4v) is 2.68. The lowest BCUT2D eigenvalue weighted by molar-refractivity contribution is -0.123. The van der Waals surface area contributed by atoms with Crippen molar-refractivity contribution in [2.45, 2.75) is 45.6 Å². The van der Waals surface area contributed by atoms with Gasteiger partial charge in [0.2, 0.25) is 0 Å². The van der Waals surface area contributed by atoms with E-state index in [1.165, 1.54) is 11.1 Å². The standard InChI is InChI=1S/C17H26N2O2/c1-3-9-18-16-8-5-13-11-14(6-7-15(13)16)21-12-17(20)19-10-4-2/h6-7,11,16,18H,3-5,8-10,12H2,1-2H3,(H,19,20). The zero-order chi connectivity index (χ0) is 15.1. The van der Waals surface area contributed by atoms with Crippen molar-refractivity contribution in [2.24, 2.45) is 0 Å². The molecule has 1 unspecified atom stereocenters. The van der Waals surface area contributed by atoms with Crippen molar-refractivity contribution in [3.63, 3.8) is 0 Å². The van der Waals surface area contributed by atoms with Crippen LogP contribution >= 0.6 is 0 Å². The van der Waals surface area contributed by atoms with Crippen molar-refractivity contribution in [3.05, 3.63) is 29.3 Å². The number of aryl methyl sites for hydroxylation is 1. The molecule has 0 bridgehead atoms. The van der Waals surface area contributed by atoms with Crippen LogP contribution < -0.4 is 15.4 Å². The lowest BCUT2D eigenvalue weighted by Crippen LogP contribution is -2.29. The predicted molar refractivity (Wildman–Crippen MR) is 84.6 cm³/mol. The van der Waals surface area contributed by atoms with Gasteiger partial charge in [0.05, 0.1) is 0 Å². The van der Waals surface area contributed by atoms with E-state index >= 15 is 0 Å². The lowest BCUT2D eigenvalue weighted by atomic mass is 10.1. The Balaban J connectivity index is 1.88. The largest absolute Gasteiger partial charge is 0.484 e. The average Bonchev–Trinajstić information content (AvgIpc) is 2.91. The Hall–Kier alpha value is -1.55. The smallest absolute Gasteiger partial charge is 0.257 e. The van der Waals surface area contributed by atoms with E-state index in [2.05, 4.69) is 29.7 Å². The Morgan fingerprint density at radius 1 is 1.29 bits per heavy atom. The minimum Gasteiger partial charge on any atom is -0.484 e. The Kier molecular flexibility index (Phi) is 6.05. The highest BCUT2D eigenvalue weighted by molar-refractivity contribution is 5.77. The highest BCUT2D eigenvalue weighted by atomic mass is 16.5. The van der Waals surface area contributed by atoms with Gasteiger partial charge in [0.25, 0.3) is 5.91 Å². The number of hydrogen-bond donors (Lipinski definition) is 2.